The van der Waals surface area contributed by atoms with Crippen LogP contribution >= 0.6 is 0 Å². The molecule has 0 spiro atoms. The number of hydrogen-bond acceptors (Lipinski definition) is 7. The van der Waals surface area contributed by atoms with Crippen LogP contribution in [0.2, 0.25) is 0 Å². The topological polar surface area (TPSA) is 127 Å². The van der Waals surface area contributed by atoms with Crippen molar-refractivity contribution in [3.05, 3.63) is 23.3 Å². The van der Waals surface area contributed by atoms with Gasteiger partial charge in [-0.2, -0.15) is 0 Å². The van der Waals surface area contributed by atoms with Crippen LogP contribution in [0.15, 0.2) is 23.3 Å². The van der Waals surface area contributed by atoms with E-state index in [1.54, 1.807) is 19.9 Å². The van der Waals surface area contributed by atoms with Crippen molar-refractivity contribution in [1.82, 2.24) is 0 Å². The summed E-state index contributed by atoms with van der Waals surface area (Å²) in [6.45, 7) is 16.1. The Morgan fingerprint density at radius 3 is 2.21 bits per heavy atom. The summed E-state index contributed by atoms with van der Waals surface area (Å²) in [6, 6.07) is 0. The zero-order valence-electron chi connectivity index (χ0n) is 27.1. The van der Waals surface area contributed by atoms with Crippen LogP contribution in [-0.4, -0.2) is 69.1 Å². The lowest BCUT2D eigenvalue weighted by Gasteiger charge is -2.72. The Balaban J connectivity index is 1.62. The average Bonchev–Trinajstić information content (AvgIpc) is 2.93. The molecule has 12 atom stereocenters. The van der Waals surface area contributed by atoms with E-state index in [1.807, 2.05) is 13.8 Å². The van der Waals surface area contributed by atoms with E-state index in [2.05, 4.69) is 33.8 Å². The Morgan fingerprint density at radius 1 is 0.952 bits per heavy atom. The first-order valence-electron chi connectivity index (χ1n) is 16.2. The van der Waals surface area contributed by atoms with Crippen LogP contribution in [0.25, 0.3) is 0 Å². The van der Waals surface area contributed by atoms with Gasteiger partial charge in [0.25, 0.3) is 0 Å². The highest BCUT2D eigenvalue weighted by Crippen LogP contribution is 2.75. The number of carbonyl (C=O) groups is 1. The number of rotatable bonds is 4. The standard InChI is InChI=1S/C35H56O7/c1-9-20(2)29(41)42-28-27(40)30(3,4)16-22-21-10-11-24-31(5)14-13-25(38)32(6,18-36)23(31)12-15-33(24,7)34(21,8)17-26(39)35(22,28)19-37/h9-10,22-28,36-40H,11-19H2,1-8H3. The van der Waals surface area contributed by atoms with Crippen molar-refractivity contribution in [2.75, 3.05) is 13.2 Å². The highest BCUT2D eigenvalue weighted by molar-refractivity contribution is 5.87. The van der Waals surface area contributed by atoms with E-state index >= 15 is 0 Å². The fourth-order valence-corrected chi connectivity index (χ4v) is 11.4. The fourth-order valence-electron chi connectivity index (χ4n) is 11.4. The normalized spacial score (nSPS) is 51.8. The van der Waals surface area contributed by atoms with E-state index in [0.29, 0.717) is 30.8 Å². The predicted molar refractivity (Wildman–Crippen MR) is 161 cm³/mol. The predicted octanol–water partition coefficient (Wildman–Crippen LogP) is 4.54. The highest BCUT2D eigenvalue weighted by Gasteiger charge is 2.73. The van der Waals surface area contributed by atoms with E-state index in [-0.39, 0.29) is 41.3 Å². The van der Waals surface area contributed by atoms with E-state index in [9.17, 15) is 30.3 Å². The maximum atomic E-state index is 13.1. The van der Waals surface area contributed by atoms with Gasteiger partial charge in [0, 0.05) is 11.0 Å². The third-order valence-corrected chi connectivity index (χ3v) is 14.5. The zero-order valence-corrected chi connectivity index (χ0v) is 27.1. The molecular formula is C35H56O7. The van der Waals surface area contributed by atoms with Gasteiger partial charge in [-0.05, 0) is 98.2 Å². The Morgan fingerprint density at radius 2 is 1.62 bits per heavy atom. The van der Waals surface area contributed by atoms with Crippen LogP contribution in [0.1, 0.15) is 100 Å². The summed E-state index contributed by atoms with van der Waals surface area (Å²) in [6.07, 6.45) is 5.68. The van der Waals surface area contributed by atoms with Gasteiger partial charge in [0.1, 0.15) is 6.10 Å². The summed E-state index contributed by atoms with van der Waals surface area (Å²) in [5.41, 5.74) is -1.30. The highest BCUT2D eigenvalue weighted by atomic mass is 16.6. The number of esters is 1. The van der Waals surface area contributed by atoms with Gasteiger partial charge in [0.2, 0.25) is 0 Å². The molecule has 5 aliphatic carbocycles. The minimum Gasteiger partial charge on any atom is -0.455 e. The number of hydrogen-bond donors (Lipinski definition) is 5. The Labute approximate surface area is 252 Å². The number of carbonyl (C=O) groups excluding carboxylic acids is 1. The smallest absolute Gasteiger partial charge is 0.333 e. The van der Waals surface area contributed by atoms with Crippen LogP contribution in [-0.2, 0) is 9.53 Å². The molecule has 5 N–H and O–H groups in total. The third kappa shape index (κ3) is 3.92. The Bertz CT molecular complexity index is 1160. The summed E-state index contributed by atoms with van der Waals surface area (Å²) < 4.78 is 6.05. The molecule has 5 aliphatic rings. The fraction of sp³-hybridized carbons (Fsp3) is 0.857. The second kappa shape index (κ2) is 10.1. The van der Waals surface area contributed by atoms with Crippen LogP contribution in [0.4, 0.5) is 0 Å². The second-order valence-corrected chi connectivity index (χ2v) is 16.5. The number of fused-ring (bicyclic) bond motifs is 7. The molecule has 12 unspecified atom stereocenters. The van der Waals surface area contributed by atoms with Crippen molar-refractivity contribution in [3.8, 4) is 0 Å². The lowest BCUT2D eigenvalue weighted by Crippen LogP contribution is -2.72. The zero-order chi connectivity index (χ0) is 31.3. The summed E-state index contributed by atoms with van der Waals surface area (Å²) in [5, 5.41) is 56.5. The summed E-state index contributed by atoms with van der Waals surface area (Å²) in [7, 11) is 0. The van der Waals surface area contributed by atoms with Crippen molar-refractivity contribution < 1.29 is 35.1 Å². The molecule has 0 heterocycles. The molecule has 0 bridgehead atoms. The first-order valence-corrected chi connectivity index (χ1v) is 16.2. The van der Waals surface area contributed by atoms with Gasteiger partial charge in [-0.15, -0.1) is 0 Å². The summed E-state index contributed by atoms with van der Waals surface area (Å²) >= 11 is 0. The maximum Gasteiger partial charge on any atom is 0.333 e. The molecule has 0 amide bonds. The quantitative estimate of drug-likeness (QED) is 0.185. The van der Waals surface area contributed by atoms with Gasteiger partial charge >= 0.3 is 5.97 Å². The summed E-state index contributed by atoms with van der Waals surface area (Å²) in [5.74, 6) is -0.299. The molecule has 0 aromatic heterocycles. The maximum absolute atomic E-state index is 13.1. The number of aliphatic hydroxyl groups excluding tert-OH is 5. The van der Waals surface area contributed by atoms with Gasteiger partial charge in [0.15, 0.2) is 0 Å². The van der Waals surface area contributed by atoms with Crippen molar-refractivity contribution in [1.29, 1.82) is 0 Å². The van der Waals surface area contributed by atoms with Gasteiger partial charge in [-0.1, -0.05) is 59.3 Å². The average molecular weight is 589 g/mol. The molecule has 7 nitrogen and oxygen atoms in total. The molecule has 5 rings (SSSR count). The minimum absolute atomic E-state index is 0.0275. The van der Waals surface area contributed by atoms with E-state index in [4.69, 9.17) is 4.74 Å². The molecule has 0 aromatic carbocycles. The number of aliphatic hydroxyl groups is 5. The molecule has 42 heavy (non-hydrogen) atoms. The largest absolute Gasteiger partial charge is 0.455 e. The first-order chi connectivity index (χ1) is 19.4. The van der Waals surface area contributed by atoms with E-state index < -0.39 is 46.6 Å². The lowest BCUT2D eigenvalue weighted by molar-refractivity contribution is -0.263. The van der Waals surface area contributed by atoms with Crippen molar-refractivity contribution in [2.24, 2.45) is 50.2 Å². The van der Waals surface area contributed by atoms with Crippen molar-refractivity contribution >= 4 is 5.97 Å². The molecule has 238 valence electrons. The van der Waals surface area contributed by atoms with Crippen LogP contribution in [0.5, 0.6) is 0 Å². The molecule has 0 aliphatic heterocycles. The molecule has 4 fully saturated rings. The van der Waals surface area contributed by atoms with Crippen LogP contribution in [0.3, 0.4) is 0 Å². The van der Waals surface area contributed by atoms with Gasteiger partial charge < -0.3 is 30.3 Å². The van der Waals surface area contributed by atoms with Gasteiger partial charge in [0.05, 0.1) is 36.9 Å². The van der Waals surface area contributed by atoms with E-state index in [0.717, 1.165) is 25.7 Å². The van der Waals surface area contributed by atoms with Gasteiger partial charge in [-0.25, -0.2) is 4.79 Å². The SMILES string of the molecule is CC=C(C)C(=O)OC1C(O)C(C)(C)CC2C3=CCC4C5(C)CCC(O)C(C)(CO)C5CCC4(C)C3(C)CC(O)C21CO. The minimum atomic E-state index is -1.21. The summed E-state index contributed by atoms with van der Waals surface area (Å²) in [4.78, 5) is 13.1. The van der Waals surface area contributed by atoms with Gasteiger partial charge in [-0.3, -0.25) is 0 Å². The molecule has 4 saturated carbocycles. The third-order valence-electron chi connectivity index (χ3n) is 14.5. The van der Waals surface area contributed by atoms with E-state index in [1.165, 1.54) is 5.57 Å². The molecule has 7 heteroatoms. The monoisotopic (exact) mass is 588 g/mol. The number of allylic oxidation sites excluding steroid dienone is 3. The molecule has 0 aromatic rings. The Hall–Kier alpha value is -1.25. The van der Waals surface area contributed by atoms with Crippen molar-refractivity contribution in [2.45, 2.75) is 125 Å². The molecular weight excluding hydrogens is 532 g/mol. The molecule has 0 saturated heterocycles. The van der Waals surface area contributed by atoms with Crippen LogP contribution in [0, 0.1) is 50.2 Å². The Kier molecular flexibility index (Phi) is 7.76. The van der Waals surface area contributed by atoms with Crippen LogP contribution < -0.4 is 0 Å². The van der Waals surface area contributed by atoms with Crippen molar-refractivity contribution in [3.63, 3.8) is 0 Å². The number of ether oxygens (including phenoxy) is 1. The second-order valence-electron chi connectivity index (χ2n) is 16.5. The lowest BCUT2D eigenvalue weighted by atomic mass is 9.33. The molecule has 0 radical (unpaired) electrons. The first kappa shape index (κ1) is 32.2.